The molecule has 1 aliphatic rings. The number of hydrogen-bond acceptors (Lipinski definition) is 1. The molecule has 0 spiro atoms. The van der Waals surface area contributed by atoms with Crippen LogP contribution in [0.15, 0.2) is 23.2 Å². The van der Waals surface area contributed by atoms with Crippen LogP contribution in [0.2, 0.25) is 0 Å². The topological polar surface area (TPSA) is 50.4 Å². The first kappa shape index (κ1) is 9.96. The van der Waals surface area contributed by atoms with Crippen molar-refractivity contribution in [3.05, 3.63) is 29.6 Å². The minimum absolute atomic E-state index is 0.267. The second kappa shape index (κ2) is 3.88. The van der Waals surface area contributed by atoms with Gasteiger partial charge in [0.15, 0.2) is 5.96 Å². The molecular formula is C11H14FN3. The predicted octanol–water partition coefficient (Wildman–Crippen LogP) is 2.02. The van der Waals surface area contributed by atoms with E-state index >= 15 is 0 Å². The van der Waals surface area contributed by atoms with Gasteiger partial charge in [0.1, 0.15) is 5.82 Å². The Balaban J connectivity index is 2.09. The maximum absolute atomic E-state index is 13.0. The highest BCUT2D eigenvalue weighted by molar-refractivity contribution is 5.92. The molecule has 4 heteroatoms. The molecule has 0 radical (unpaired) electrons. The molecule has 1 fully saturated rings. The molecular weight excluding hydrogens is 193 g/mol. The number of nitrogens with two attached hydrogens (primary N) is 1. The van der Waals surface area contributed by atoms with Gasteiger partial charge in [-0.15, -0.1) is 0 Å². The van der Waals surface area contributed by atoms with Crippen LogP contribution >= 0.6 is 0 Å². The zero-order chi connectivity index (χ0) is 10.8. The molecule has 0 atom stereocenters. The zero-order valence-corrected chi connectivity index (χ0v) is 8.63. The maximum atomic E-state index is 13.0. The monoisotopic (exact) mass is 207 g/mol. The van der Waals surface area contributed by atoms with Gasteiger partial charge in [0.2, 0.25) is 0 Å². The Bertz CT molecular complexity index is 377. The van der Waals surface area contributed by atoms with Crippen molar-refractivity contribution in [1.82, 2.24) is 0 Å². The number of anilines is 1. The first-order chi connectivity index (χ1) is 7.13. The molecule has 1 aliphatic carbocycles. The number of halogens is 1. The van der Waals surface area contributed by atoms with Crippen LogP contribution < -0.4 is 11.1 Å². The summed E-state index contributed by atoms with van der Waals surface area (Å²) in [4.78, 5) is 4.20. The number of nitrogens with one attached hydrogen (secondary N) is 1. The van der Waals surface area contributed by atoms with Crippen LogP contribution in [-0.2, 0) is 0 Å². The van der Waals surface area contributed by atoms with Gasteiger partial charge >= 0.3 is 0 Å². The standard InChI is InChI=1S/C11H14FN3/c1-7-4-8(12)6-10(5-7)15-11(13)14-9-2-3-9/h4-6,9H,2-3H2,1H3,(H3,13,14,15). The average molecular weight is 207 g/mol. The van der Waals surface area contributed by atoms with Gasteiger partial charge in [-0.2, -0.15) is 0 Å². The minimum atomic E-state index is -0.267. The third-order valence-electron chi connectivity index (χ3n) is 2.18. The van der Waals surface area contributed by atoms with E-state index in [1.54, 1.807) is 0 Å². The molecule has 3 nitrogen and oxygen atoms in total. The zero-order valence-electron chi connectivity index (χ0n) is 8.63. The Hall–Kier alpha value is -1.58. The summed E-state index contributed by atoms with van der Waals surface area (Å²) in [7, 11) is 0. The molecule has 0 bridgehead atoms. The van der Waals surface area contributed by atoms with Gasteiger partial charge in [-0.3, -0.25) is 0 Å². The number of hydrogen-bond donors (Lipinski definition) is 2. The summed E-state index contributed by atoms with van der Waals surface area (Å²) in [5.41, 5.74) is 7.17. The van der Waals surface area contributed by atoms with E-state index in [1.807, 2.05) is 13.0 Å². The van der Waals surface area contributed by atoms with Crippen LogP contribution in [0.4, 0.5) is 10.1 Å². The van der Waals surface area contributed by atoms with Crippen LogP contribution in [0.1, 0.15) is 18.4 Å². The summed E-state index contributed by atoms with van der Waals surface area (Å²) in [6, 6.07) is 5.08. The SMILES string of the molecule is Cc1cc(F)cc(NC(N)=NC2CC2)c1. The van der Waals surface area contributed by atoms with E-state index in [0.717, 1.165) is 18.4 Å². The van der Waals surface area contributed by atoms with E-state index in [2.05, 4.69) is 10.3 Å². The molecule has 2 rings (SSSR count). The second-order valence-corrected chi connectivity index (χ2v) is 3.89. The highest BCUT2D eigenvalue weighted by Crippen LogP contribution is 2.23. The Labute approximate surface area is 88.2 Å². The van der Waals surface area contributed by atoms with Gasteiger partial charge in [0.25, 0.3) is 0 Å². The number of nitrogens with zero attached hydrogens (tertiary/aromatic N) is 1. The molecule has 3 N–H and O–H groups in total. The van der Waals surface area contributed by atoms with Crippen molar-refractivity contribution in [2.45, 2.75) is 25.8 Å². The van der Waals surface area contributed by atoms with Crippen LogP contribution in [0.3, 0.4) is 0 Å². The van der Waals surface area contributed by atoms with Crippen LogP contribution in [0.5, 0.6) is 0 Å². The van der Waals surface area contributed by atoms with Crippen molar-refractivity contribution >= 4 is 11.6 Å². The van der Waals surface area contributed by atoms with E-state index in [0.29, 0.717) is 17.7 Å². The summed E-state index contributed by atoms with van der Waals surface area (Å²) in [6.07, 6.45) is 2.20. The van der Waals surface area contributed by atoms with Crippen molar-refractivity contribution in [2.75, 3.05) is 5.32 Å². The average Bonchev–Trinajstić information content (AvgIpc) is 2.85. The Kier molecular flexibility index (Phi) is 2.58. The molecule has 0 unspecified atom stereocenters. The quantitative estimate of drug-likeness (QED) is 0.576. The summed E-state index contributed by atoms with van der Waals surface area (Å²) in [5, 5.41) is 2.88. The molecule has 1 aromatic rings. The molecule has 80 valence electrons. The second-order valence-electron chi connectivity index (χ2n) is 3.89. The highest BCUT2D eigenvalue weighted by atomic mass is 19.1. The lowest BCUT2D eigenvalue weighted by Gasteiger charge is -2.06. The highest BCUT2D eigenvalue weighted by Gasteiger charge is 2.20. The lowest BCUT2D eigenvalue weighted by molar-refractivity contribution is 0.627. The van der Waals surface area contributed by atoms with Crippen LogP contribution in [-0.4, -0.2) is 12.0 Å². The Morgan fingerprint density at radius 1 is 1.47 bits per heavy atom. The van der Waals surface area contributed by atoms with E-state index in [9.17, 15) is 4.39 Å². The van der Waals surface area contributed by atoms with Gasteiger partial charge < -0.3 is 11.1 Å². The lowest BCUT2D eigenvalue weighted by atomic mass is 10.2. The van der Waals surface area contributed by atoms with Gasteiger partial charge in [0, 0.05) is 5.69 Å². The summed E-state index contributed by atoms with van der Waals surface area (Å²) in [6.45, 7) is 1.84. The lowest BCUT2D eigenvalue weighted by Crippen LogP contribution is -2.23. The maximum Gasteiger partial charge on any atom is 0.193 e. The third-order valence-corrected chi connectivity index (χ3v) is 2.18. The van der Waals surface area contributed by atoms with E-state index in [4.69, 9.17) is 5.73 Å². The molecule has 15 heavy (non-hydrogen) atoms. The Morgan fingerprint density at radius 2 is 2.20 bits per heavy atom. The number of rotatable bonds is 2. The summed E-state index contributed by atoms with van der Waals surface area (Å²) >= 11 is 0. The van der Waals surface area contributed by atoms with Crippen molar-refractivity contribution < 1.29 is 4.39 Å². The third kappa shape index (κ3) is 2.94. The van der Waals surface area contributed by atoms with E-state index in [-0.39, 0.29) is 5.82 Å². The van der Waals surface area contributed by atoms with Gasteiger partial charge in [-0.05, 0) is 43.5 Å². The van der Waals surface area contributed by atoms with Crippen molar-refractivity contribution in [3.8, 4) is 0 Å². The van der Waals surface area contributed by atoms with Crippen molar-refractivity contribution in [1.29, 1.82) is 0 Å². The van der Waals surface area contributed by atoms with Gasteiger partial charge in [-0.25, -0.2) is 9.38 Å². The molecule has 0 saturated heterocycles. The van der Waals surface area contributed by atoms with E-state index in [1.165, 1.54) is 12.1 Å². The van der Waals surface area contributed by atoms with Crippen molar-refractivity contribution in [2.24, 2.45) is 10.7 Å². The number of benzene rings is 1. The fraction of sp³-hybridized carbons (Fsp3) is 0.364. The van der Waals surface area contributed by atoms with Crippen LogP contribution in [0.25, 0.3) is 0 Å². The van der Waals surface area contributed by atoms with Crippen LogP contribution in [0, 0.1) is 12.7 Å². The number of aliphatic imine (C=N–C) groups is 1. The summed E-state index contributed by atoms with van der Waals surface area (Å²) in [5.74, 6) is 0.0965. The predicted molar refractivity (Wildman–Crippen MR) is 59.4 cm³/mol. The molecule has 1 aromatic carbocycles. The molecule has 0 aliphatic heterocycles. The number of aryl methyl sites for hydroxylation is 1. The minimum Gasteiger partial charge on any atom is -0.370 e. The van der Waals surface area contributed by atoms with E-state index < -0.39 is 0 Å². The largest absolute Gasteiger partial charge is 0.370 e. The fourth-order valence-electron chi connectivity index (χ4n) is 1.39. The first-order valence-corrected chi connectivity index (χ1v) is 5.01. The summed E-state index contributed by atoms with van der Waals surface area (Å²) < 4.78 is 13.0. The van der Waals surface area contributed by atoms with Gasteiger partial charge in [0.05, 0.1) is 6.04 Å². The molecule has 0 amide bonds. The first-order valence-electron chi connectivity index (χ1n) is 5.01. The van der Waals surface area contributed by atoms with Gasteiger partial charge in [-0.1, -0.05) is 0 Å². The Morgan fingerprint density at radius 3 is 2.80 bits per heavy atom. The molecule has 0 heterocycles. The number of guanidine groups is 1. The fourth-order valence-corrected chi connectivity index (χ4v) is 1.39. The normalized spacial score (nSPS) is 16.5. The smallest absolute Gasteiger partial charge is 0.193 e. The molecule has 1 saturated carbocycles. The van der Waals surface area contributed by atoms with Crippen molar-refractivity contribution in [3.63, 3.8) is 0 Å². The molecule has 0 aromatic heterocycles.